The van der Waals surface area contributed by atoms with Gasteiger partial charge >= 0.3 is 0 Å². The molecule has 5 aromatic rings. The van der Waals surface area contributed by atoms with Gasteiger partial charge in [-0.1, -0.05) is 48.0 Å². The highest BCUT2D eigenvalue weighted by Crippen LogP contribution is 2.37. The molecule has 0 spiro atoms. The van der Waals surface area contributed by atoms with Gasteiger partial charge in [0, 0.05) is 21.5 Å². The number of hydrogen-bond acceptors (Lipinski definition) is 1. The third-order valence-corrected chi connectivity index (χ3v) is 4.42. The Kier molecular flexibility index (Phi) is 2.04. The summed E-state index contributed by atoms with van der Waals surface area (Å²) >= 11 is 6.30. The van der Waals surface area contributed by atoms with Crippen LogP contribution in [-0.2, 0) is 0 Å². The van der Waals surface area contributed by atoms with Crippen LogP contribution in [0.4, 0.5) is 0 Å². The van der Waals surface area contributed by atoms with E-state index in [2.05, 4.69) is 29.2 Å². The Labute approximate surface area is 124 Å². The second-order valence-corrected chi connectivity index (χ2v) is 5.66. The fourth-order valence-electron chi connectivity index (χ4n) is 3.14. The first-order valence-electron chi connectivity index (χ1n) is 6.83. The molecule has 0 fully saturated rings. The highest BCUT2D eigenvalue weighted by atomic mass is 35.5. The van der Waals surface area contributed by atoms with Gasteiger partial charge in [0.2, 0.25) is 0 Å². The Balaban J connectivity index is 2.09. The average molecular weight is 292 g/mol. The molecule has 0 radical (unpaired) electrons. The molecule has 0 aliphatic carbocycles. The molecule has 0 saturated carbocycles. The minimum absolute atomic E-state index is 0.730. The summed E-state index contributed by atoms with van der Waals surface area (Å²) in [6, 6.07) is 18.3. The number of benzene rings is 3. The number of furan rings is 1. The number of halogens is 1. The molecular formula is C18H10ClNO. The van der Waals surface area contributed by atoms with Crippen molar-refractivity contribution in [1.82, 2.24) is 4.98 Å². The van der Waals surface area contributed by atoms with Gasteiger partial charge in [-0.05, 0) is 18.2 Å². The van der Waals surface area contributed by atoms with Crippen LogP contribution in [0.25, 0.3) is 43.7 Å². The monoisotopic (exact) mass is 291 g/mol. The van der Waals surface area contributed by atoms with E-state index in [1.807, 2.05) is 30.3 Å². The fourth-order valence-corrected chi connectivity index (χ4v) is 3.36. The van der Waals surface area contributed by atoms with Crippen LogP contribution in [-0.4, -0.2) is 4.98 Å². The van der Waals surface area contributed by atoms with Crippen molar-refractivity contribution in [3.8, 4) is 0 Å². The van der Waals surface area contributed by atoms with E-state index in [0.29, 0.717) is 0 Å². The van der Waals surface area contributed by atoms with Crippen LogP contribution < -0.4 is 0 Å². The highest BCUT2D eigenvalue weighted by molar-refractivity contribution is 6.36. The second kappa shape index (κ2) is 3.80. The Morgan fingerprint density at radius 2 is 1.48 bits per heavy atom. The van der Waals surface area contributed by atoms with Crippen LogP contribution in [0.15, 0.2) is 59.0 Å². The van der Waals surface area contributed by atoms with Crippen LogP contribution in [0.3, 0.4) is 0 Å². The van der Waals surface area contributed by atoms with Gasteiger partial charge in [-0.15, -0.1) is 0 Å². The lowest BCUT2D eigenvalue weighted by molar-refractivity contribution is 0.672. The quantitative estimate of drug-likeness (QED) is 0.379. The number of aromatic amines is 1. The number of hydrogen-bond donors (Lipinski definition) is 1. The Bertz CT molecular complexity index is 1150. The van der Waals surface area contributed by atoms with Crippen molar-refractivity contribution in [1.29, 1.82) is 0 Å². The molecule has 0 saturated heterocycles. The van der Waals surface area contributed by atoms with Crippen LogP contribution in [0.1, 0.15) is 0 Å². The third-order valence-electron chi connectivity index (χ3n) is 4.10. The summed E-state index contributed by atoms with van der Waals surface area (Å²) < 4.78 is 6.06. The third kappa shape index (κ3) is 1.38. The van der Waals surface area contributed by atoms with E-state index >= 15 is 0 Å². The molecular weight excluding hydrogens is 282 g/mol. The van der Waals surface area contributed by atoms with Crippen LogP contribution in [0, 0.1) is 0 Å². The zero-order valence-electron chi connectivity index (χ0n) is 11.0. The zero-order chi connectivity index (χ0) is 14.0. The normalized spacial score (nSPS) is 12.0. The Morgan fingerprint density at radius 1 is 0.714 bits per heavy atom. The molecule has 3 heteroatoms. The molecule has 0 atom stereocenters. The number of aromatic nitrogens is 1. The van der Waals surface area contributed by atoms with Gasteiger partial charge in [0.05, 0.1) is 16.1 Å². The molecule has 0 bridgehead atoms. The van der Waals surface area contributed by atoms with E-state index in [1.54, 1.807) is 0 Å². The maximum atomic E-state index is 6.30. The molecule has 5 rings (SSSR count). The standard InChI is InChI=1S/C18H10ClNO/c19-14-6-3-5-11-12-8-9-13-10-4-1-2-7-15(10)21-18(13)17(12)20-16(11)14/h1-9,20H. The molecule has 3 aromatic carbocycles. The first-order chi connectivity index (χ1) is 10.3. The van der Waals surface area contributed by atoms with Crippen molar-refractivity contribution < 1.29 is 4.42 Å². The van der Waals surface area contributed by atoms with Crippen molar-refractivity contribution in [3.05, 3.63) is 59.6 Å². The predicted molar refractivity (Wildman–Crippen MR) is 88.1 cm³/mol. The molecule has 0 aliphatic heterocycles. The summed E-state index contributed by atoms with van der Waals surface area (Å²) in [6.07, 6.45) is 0. The minimum atomic E-state index is 0.730. The lowest BCUT2D eigenvalue weighted by atomic mass is 10.1. The number of para-hydroxylation sites is 2. The maximum absolute atomic E-state index is 6.30. The summed E-state index contributed by atoms with van der Waals surface area (Å²) in [5, 5.41) is 5.26. The molecule has 0 amide bonds. The number of fused-ring (bicyclic) bond motifs is 7. The van der Waals surface area contributed by atoms with E-state index < -0.39 is 0 Å². The summed E-state index contributed by atoms with van der Waals surface area (Å²) in [5.74, 6) is 0. The predicted octanol–water partition coefficient (Wildman–Crippen LogP) is 5.87. The maximum Gasteiger partial charge on any atom is 0.159 e. The van der Waals surface area contributed by atoms with Crippen LogP contribution >= 0.6 is 11.6 Å². The van der Waals surface area contributed by atoms with Crippen molar-refractivity contribution in [2.45, 2.75) is 0 Å². The molecule has 0 aliphatic rings. The van der Waals surface area contributed by atoms with Crippen molar-refractivity contribution >= 4 is 55.3 Å². The van der Waals surface area contributed by atoms with Crippen molar-refractivity contribution in [3.63, 3.8) is 0 Å². The number of H-pyrrole nitrogens is 1. The van der Waals surface area contributed by atoms with Crippen LogP contribution in [0.5, 0.6) is 0 Å². The van der Waals surface area contributed by atoms with E-state index in [9.17, 15) is 0 Å². The largest absolute Gasteiger partial charge is 0.454 e. The lowest BCUT2D eigenvalue weighted by Gasteiger charge is -1.93. The van der Waals surface area contributed by atoms with E-state index in [0.717, 1.165) is 48.8 Å². The molecule has 1 N–H and O–H groups in total. The second-order valence-electron chi connectivity index (χ2n) is 5.25. The molecule has 21 heavy (non-hydrogen) atoms. The van der Waals surface area contributed by atoms with E-state index in [1.165, 1.54) is 0 Å². The minimum Gasteiger partial charge on any atom is -0.454 e. The van der Waals surface area contributed by atoms with Gasteiger partial charge in [0.1, 0.15) is 5.58 Å². The van der Waals surface area contributed by atoms with Crippen LogP contribution in [0.2, 0.25) is 5.02 Å². The fraction of sp³-hybridized carbons (Fsp3) is 0. The molecule has 2 aromatic heterocycles. The first-order valence-corrected chi connectivity index (χ1v) is 7.21. The molecule has 100 valence electrons. The Hall–Kier alpha value is -2.45. The summed E-state index contributed by atoms with van der Waals surface area (Å²) in [7, 11) is 0. The topological polar surface area (TPSA) is 28.9 Å². The summed E-state index contributed by atoms with van der Waals surface area (Å²) in [6.45, 7) is 0. The van der Waals surface area contributed by atoms with Gasteiger partial charge in [0.15, 0.2) is 5.58 Å². The Morgan fingerprint density at radius 3 is 2.43 bits per heavy atom. The molecule has 0 unspecified atom stereocenters. The zero-order valence-corrected chi connectivity index (χ0v) is 11.7. The van der Waals surface area contributed by atoms with Gasteiger partial charge in [-0.2, -0.15) is 0 Å². The number of rotatable bonds is 0. The summed E-state index contributed by atoms with van der Waals surface area (Å²) in [5.41, 5.74) is 3.76. The first kappa shape index (κ1) is 11.2. The average Bonchev–Trinajstić information content (AvgIpc) is 3.06. The van der Waals surface area contributed by atoms with Gasteiger partial charge in [-0.25, -0.2) is 0 Å². The van der Waals surface area contributed by atoms with Gasteiger partial charge < -0.3 is 9.40 Å². The van der Waals surface area contributed by atoms with Crippen molar-refractivity contribution in [2.75, 3.05) is 0 Å². The smallest absolute Gasteiger partial charge is 0.159 e. The lowest BCUT2D eigenvalue weighted by Crippen LogP contribution is -1.70. The SMILES string of the molecule is Clc1cccc2c1[nH]c1c2ccc2c3ccccc3oc21. The molecule has 2 nitrogen and oxygen atoms in total. The van der Waals surface area contributed by atoms with Crippen molar-refractivity contribution in [2.24, 2.45) is 0 Å². The highest BCUT2D eigenvalue weighted by Gasteiger charge is 2.14. The van der Waals surface area contributed by atoms with E-state index in [-0.39, 0.29) is 0 Å². The summed E-state index contributed by atoms with van der Waals surface area (Å²) in [4.78, 5) is 3.42. The van der Waals surface area contributed by atoms with Gasteiger partial charge in [0.25, 0.3) is 0 Å². The molecule has 2 heterocycles. The van der Waals surface area contributed by atoms with E-state index in [4.69, 9.17) is 16.0 Å². The van der Waals surface area contributed by atoms with Gasteiger partial charge in [-0.3, -0.25) is 0 Å². The number of nitrogens with one attached hydrogen (secondary N) is 1.